The molecule has 0 fully saturated rings. The quantitative estimate of drug-likeness (QED) is 0.480. The molecule has 1 aromatic rings. The van der Waals surface area contributed by atoms with Crippen LogP contribution in [0.25, 0.3) is 0 Å². The van der Waals surface area contributed by atoms with E-state index in [4.69, 9.17) is 14.2 Å². The van der Waals surface area contributed by atoms with Gasteiger partial charge in [-0.1, -0.05) is 22.0 Å². The first-order valence-corrected chi connectivity index (χ1v) is 10.4. The van der Waals surface area contributed by atoms with Crippen LogP contribution < -0.4 is 10.1 Å². The zero-order valence-corrected chi connectivity index (χ0v) is 19.4. The van der Waals surface area contributed by atoms with Crippen LogP contribution in [-0.4, -0.2) is 41.2 Å². The van der Waals surface area contributed by atoms with Crippen LogP contribution >= 0.6 is 15.9 Å². The van der Waals surface area contributed by atoms with E-state index in [1.54, 1.807) is 41.5 Å². The summed E-state index contributed by atoms with van der Waals surface area (Å²) in [6.45, 7) is 13.1. The number of amides is 1. The van der Waals surface area contributed by atoms with Gasteiger partial charge in [-0.15, -0.1) is 0 Å². The van der Waals surface area contributed by atoms with E-state index in [1.807, 2.05) is 25.1 Å². The maximum absolute atomic E-state index is 12.7. The van der Waals surface area contributed by atoms with Gasteiger partial charge in [0, 0.05) is 11.8 Å². The molecular weight excluding hydrogens is 426 g/mol. The Kier molecular flexibility index (Phi) is 8.79. The molecule has 0 aliphatic carbocycles. The van der Waals surface area contributed by atoms with Gasteiger partial charge in [-0.05, 0) is 71.7 Å². The summed E-state index contributed by atoms with van der Waals surface area (Å²) in [5.41, 5.74) is 0.549. The predicted molar refractivity (Wildman–Crippen MR) is 113 cm³/mol. The predicted octanol–water partition coefficient (Wildman–Crippen LogP) is 4.55. The Hall–Kier alpha value is -1.76. The lowest BCUT2D eigenvalue weighted by Gasteiger charge is -2.26. The molecule has 0 bridgehead atoms. The molecule has 158 valence electrons. The first kappa shape index (κ1) is 24.3. The molecule has 0 radical (unpaired) electrons. The topological polar surface area (TPSA) is 73.9 Å². The van der Waals surface area contributed by atoms with Crippen LogP contribution in [0.5, 0.6) is 5.75 Å². The second-order valence-electron chi connectivity index (χ2n) is 8.56. The van der Waals surface area contributed by atoms with Crippen LogP contribution in [0.3, 0.4) is 0 Å². The molecule has 0 saturated heterocycles. The van der Waals surface area contributed by atoms with Crippen molar-refractivity contribution in [1.29, 1.82) is 0 Å². The van der Waals surface area contributed by atoms with E-state index in [0.29, 0.717) is 12.4 Å². The molecule has 0 aliphatic heterocycles. The van der Waals surface area contributed by atoms with Crippen molar-refractivity contribution in [3.8, 4) is 5.75 Å². The standard InChI is InChI=1S/C21H32BrNO5/c1-14-8-9-16(26-11-10-22)12-15(14)13-17(18(24)27-20(2,3)4)23-19(25)28-21(5,6)7/h8-9,12,17H,10-11,13H2,1-7H3,(H,23,25). The molecule has 1 rings (SSSR count). The maximum atomic E-state index is 12.7. The lowest BCUT2D eigenvalue weighted by Crippen LogP contribution is -2.47. The van der Waals surface area contributed by atoms with Gasteiger partial charge in [0.2, 0.25) is 0 Å². The third kappa shape index (κ3) is 9.44. The van der Waals surface area contributed by atoms with E-state index in [1.165, 1.54) is 0 Å². The van der Waals surface area contributed by atoms with Gasteiger partial charge < -0.3 is 19.5 Å². The number of benzene rings is 1. The smallest absolute Gasteiger partial charge is 0.408 e. The molecule has 1 amide bonds. The van der Waals surface area contributed by atoms with Crippen molar-refractivity contribution in [3.05, 3.63) is 29.3 Å². The highest BCUT2D eigenvalue weighted by molar-refractivity contribution is 9.09. The molecule has 6 nitrogen and oxygen atoms in total. The third-order valence-electron chi connectivity index (χ3n) is 3.47. The molecule has 1 aromatic carbocycles. The Morgan fingerprint density at radius 2 is 1.68 bits per heavy atom. The van der Waals surface area contributed by atoms with Gasteiger partial charge in [0.05, 0.1) is 6.61 Å². The summed E-state index contributed by atoms with van der Waals surface area (Å²) in [6, 6.07) is 4.81. The van der Waals surface area contributed by atoms with Crippen molar-refractivity contribution < 1.29 is 23.8 Å². The average molecular weight is 458 g/mol. The van der Waals surface area contributed by atoms with Crippen LogP contribution in [-0.2, 0) is 20.7 Å². The van der Waals surface area contributed by atoms with Crippen molar-refractivity contribution in [2.45, 2.75) is 72.1 Å². The van der Waals surface area contributed by atoms with Gasteiger partial charge in [-0.2, -0.15) is 0 Å². The minimum atomic E-state index is -0.876. The number of carbonyl (C=O) groups excluding carboxylic acids is 2. The number of rotatable bonds is 7. The largest absolute Gasteiger partial charge is 0.493 e. The molecule has 1 atom stereocenters. The first-order chi connectivity index (χ1) is 12.8. The SMILES string of the molecule is Cc1ccc(OCCBr)cc1CC(NC(=O)OC(C)(C)C)C(=O)OC(C)(C)C. The monoisotopic (exact) mass is 457 g/mol. The number of halogens is 1. The van der Waals surface area contributed by atoms with Crippen LogP contribution in [0.4, 0.5) is 4.79 Å². The van der Waals surface area contributed by atoms with Gasteiger partial charge in [0.15, 0.2) is 0 Å². The number of aryl methyl sites for hydroxylation is 1. The van der Waals surface area contributed by atoms with E-state index in [0.717, 1.165) is 16.5 Å². The first-order valence-electron chi connectivity index (χ1n) is 9.31. The Morgan fingerprint density at radius 1 is 1.07 bits per heavy atom. The third-order valence-corrected chi connectivity index (χ3v) is 3.80. The van der Waals surface area contributed by atoms with Crippen molar-refractivity contribution in [2.24, 2.45) is 0 Å². The number of carbonyl (C=O) groups is 2. The molecular formula is C21H32BrNO5. The number of alkyl halides is 1. The summed E-state index contributed by atoms with van der Waals surface area (Å²) >= 11 is 3.33. The Labute approximate surface area is 176 Å². The molecule has 1 N–H and O–H groups in total. The summed E-state index contributed by atoms with van der Waals surface area (Å²) < 4.78 is 16.4. The molecule has 0 aromatic heterocycles. The van der Waals surface area contributed by atoms with E-state index in [9.17, 15) is 9.59 Å². The lowest BCUT2D eigenvalue weighted by molar-refractivity contribution is -0.157. The highest BCUT2D eigenvalue weighted by atomic mass is 79.9. The van der Waals surface area contributed by atoms with Crippen molar-refractivity contribution in [1.82, 2.24) is 5.32 Å². The summed E-state index contributed by atoms with van der Waals surface area (Å²) in [5, 5.41) is 3.37. The minimum Gasteiger partial charge on any atom is -0.493 e. The number of esters is 1. The van der Waals surface area contributed by atoms with Crippen LogP contribution in [0.15, 0.2) is 18.2 Å². The Morgan fingerprint density at radius 3 is 2.21 bits per heavy atom. The number of hydrogen-bond acceptors (Lipinski definition) is 5. The van der Waals surface area contributed by atoms with Gasteiger partial charge in [0.25, 0.3) is 0 Å². The van der Waals surface area contributed by atoms with E-state index in [-0.39, 0.29) is 6.42 Å². The van der Waals surface area contributed by atoms with Crippen molar-refractivity contribution >= 4 is 28.0 Å². The Bertz CT molecular complexity index is 676. The van der Waals surface area contributed by atoms with Gasteiger partial charge in [-0.25, -0.2) is 9.59 Å². The van der Waals surface area contributed by atoms with E-state index < -0.39 is 29.3 Å². The Balaban J connectivity index is 3.04. The zero-order valence-electron chi connectivity index (χ0n) is 17.8. The highest BCUT2D eigenvalue weighted by Crippen LogP contribution is 2.20. The number of ether oxygens (including phenoxy) is 3. The van der Waals surface area contributed by atoms with Gasteiger partial charge in [-0.3, -0.25) is 0 Å². The average Bonchev–Trinajstić information content (AvgIpc) is 2.51. The highest BCUT2D eigenvalue weighted by Gasteiger charge is 2.29. The summed E-state index contributed by atoms with van der Waals surface area (Å²) in [7, 11) is 0. The summed E-state index contributed by atoms with van der Waals surface area (Å²) in [6.07, 6.45) is -0.390. The molecule has 1 unspecified atom stereocenters. The number of nitrogens with one attached hydrogen (secondary N) is 1. The van der Waals surface area contributed by atoms with Crippen LogP contribution in [0.2, 0.25) is 0 Å². The van der Waals surface area contributed by atoms with Gasteiger partial charge >= 0.3 is 12.1 Å². The van der Waals surface area contributed by atoms with Gasteiger partial charge in [0.1, 0.15) is 23.0 Å². The van der Waals surface area contributed by atoms with Crippen LogP contribution in [0, 0.1) is 6.92 Å². The van der Waals surface area contributed by atoms with E-state index in [2.05, 4.69) is 21.2 Å². The fraction of sp³-hybridized carbons (Fsp3) is 0.619. The zero-order chi connectivity index (χ0) is 21.5. The molecule has 0 saturated carbocycles. The van der Waals surface area contributed by atoms with Crippen molar-refractivity contribution in [2.75, 3.05) is 11.9 Å². The fourth-order valence-electron chi connectivity index (χ4n) is 2.35. The molecule has 0 spiro atoms. The number of alkyl carbamates (subject to hydrolysis) is 1. The second kappa shape index (κ2) is 10.1. The van der Waals surface area contributed by atoms with E-state index >= 15 is 0 Å². The summed E-state index contributed by atoms with van der Waals surface area (Å²) in [5.74, 6) is 0.199. The fourth-order valence-corrected chi connectivity index (χ4v) is 2.51. The molecule has 7 heteroatoms. The second-order valence-corrected chi connectivity index (χ2v) is 9.36. The maximum Gasteiger partial charge on any atom is 0.408 e. The minimum absolute atomic E-state index is 0.269. The van der Waals surface area contributed by atoms with Crippen LogP contribution in [0.1, 0.15) is 52.7 Å². The lowest BCUT2D eigenvalue weighted by atomic mass is 10.0. The normalized spacial score (nSPS) is 12.9. The summed E-state index contributed by atoms with van der Waals surface area (Å²) in [4.78, 5) is 25.0. The number of hydrogen-bond donors (Lipinski definition) is 1. The van der Waals surface area contributed by atoms with Crippen molar-refractivity contribution in [3.63, 3.8) is 0 Å². The molecule has 0 aliphatic rings. The molecule has 0 heterocycles. The molecule has 28 heavy (non-hydrogen) atoms.